The van der Waals surface area contributed by atoms with Gasteiger partial charge in [-0.25, -0.2) is 4.79 Å². The molecule has 0 aromatic heterocycles. The maximum absolute atomic E-state index is 11.4. The van der Waals surface area contributed by atoms with Crippen molar-refractivity contribution < 1.29 is 15.0 Å². The minimum Gasteiger partial charge on any atom is -0.507 e. The summed E-state index contributed by atoms with van der Waals surface area (Å²) in [6.07, 6.45) is 2.14. The number of aromatic hydroxyl groups is 1. The van der Waals surface area contributed by atoms with E-state index >= 15 is 0 Å². The quantitative estimate of drug-likeness (QED) is 0.442. The number of phenolic OH excluding ortho intramolecular Hbond substituents is 1. The van der Waals surface area contributed by atoms with Gasteiger partial charge in [0.05, 0.1) is 21.8 Å². The highest BCUT2D eigenvalue weighted by Gasteiger charge is 2.26. The molecule has 1 aliphatic carbocycles. The number of nitrogen functional groups attached to an aromatic ring is 1. The number of carboxylic acid groups (broad SMARTS) is 1. The highest BCUT2D eigenvalue weighted by Crippen LogP contribution is 2.43. The predicted molar refractivity (Wildman–Crippen MR) is 95.1 cm³/mol. The standard InChI is InChI=1S/C16H15BrN2O3S/c17-10-3-4-13(20)14(7-10)23-19-12-6-9(8-1-2-8)5-11(15(12)18)16(21)22/h3-8,19-20H,1-2,18H2,(H,21,22). The van der Waals surface area contributed by atoms with Crippen LogP contribution in [0.4, 0.5) is 11.4 Å². The second kappa shape index (κ2) is 6.33. The van der Waals surface area contributed by atoms with Crippen LogP contribution >= 0.6 is 27.9 Å². The van der Waals surface area contributed by atoms with Gasteiger partial charge in [-0.1, -0.05) is 15.9 Å². The Balaban J connectivity index is 1.89. The van der Waals surface area contributed by atoms with Crippen molar-refractivity contribution in [3.8, 4) is 5.75 Å². The minimum atomic E-state index is -1.04. The highest BCUT2D eigenvalue weighted by atomic mass is 79.9. The molecule has 23 heavy (non-hydrogen) atoms. The summed E-state index contributed by atoms with van der Waals surface area (Å²) in [4.78, 5) is 12.0. The Kier molecular flexibility index (Phi) is 4.41. The minimum absolute atomic E-state index is 0.107. The Morgan fingerprint density at radius 3 is 2.70 bits per heavy atom. The maximum Gasteiger partial charge on any atom is 0.337 e. The number of nitrogens with two attached hydrogens (primary N) is 1. The molecule has 0 bridgehead atoms. The van der Waals surface area contributed by atoms with Crippen molar-refractivity contribution in [1.82, 2.24) is 0 Å². The molecule has 1 aliphatic rings. The van der Waals surface area contributed by atoms with Crippen LogP contribution < -0.4 is 10.5 Å². The van der Waals surface area contributed by atoms with Crippen LogP contribution in [-0.2, 0) is 0 Å². The number of hydrogen-bond acceptors (Lipinski definition) is 5. The summed E-state index contributed by atoms with van der Waals surface area (Å²) in [5.74, 6) is -0.483. The number of anilines is 2. The van der Waals surface area contributed by atoms with Crippen LogP contribution in [0.1, 0.15) is 34.7 Å². The fourth-order valence-corrected chi connectivity index (χ4v) is 3.53. The van der Waals surface area contributed by atoms with Gasteiger partial charge in [0.1, 0.15) is 5.75 Å². The number of rotatable bonds is 5. The molecule has 0 unspecified atom stereocenters. The molecule has 0 radical (unpaired) electrons. The Hall–Kier alpha value is -1.86. The number of nitrogens with one attached hydrogen (secondary N) is 1. The molecular formula is C16H15BrN2O3S. The van der Waals surface area contributed by atoms with E-state index in [1.165, 1.54) is 11.9 Å². The molecule has 0 saturated heterocycles. The number of carboxylic acids is 1. The average molecular weight is 395 g/mol. The number of halogens is 1. The molecule has 5 N–H and O–H groups in total. The zero-order chi connectivity index (χ0) is 16.6. The largest absolute Gasteiger partial charge is 0.507 e. The van der Waals surface area contributed by atoms with Gasteiger partial charge in [-0.2, -0.15) is 0 Å². The first-order valence-corrected chi connectivity index (χ1v) is 8.64. The van der Waals surface area contributed by atoms with Crippen LogP contribution in [0.15, 0.2) is 39.7 Å². The summed E-state index contributed by atoms with van der Waals surface area (Å²) in [6.45, 7) is 0. The van der Waals surface area contributed by atoms with Gasteiger partial charge in [0, 0.05) is 4.47 Å². The van der Waals surface area contributed by atoms with Crippen molar-refractivity contribution in [3.05, 3.63) is 45.9 Å². The molecule has 120 valence electrons. The van der Waals surface area contributed by atoms with Gasteiger partial charge >= 0.3 is 5.97 Å². The third-order valence-corrected chi connectivity index (χ3v) is 5.04. The average Bonchev–Trinajstić information content (AvgIpc) is 3.33. The van der Waals surface area contributed by atoms with Gasteiger partial charge in [-0.15, -0.1) is 0 Å². The second-order valence-electron chi connectivity index (χ2n) is 5.43. The van der Waals surface area contributed by atoms with Gasteiger partial charge in [0.2, 0.25) is 0 Å². The van der Waals surface area contributed by atoms with Gasteiger partial charge in [-0.3, -0.25) is 0 Å². The van der Waals surface area contributed by atoms with E-state index < -0.39 is 5.97 Å². The second-order valence-corrected chi connectivity index (χ2v) is 7.19. The molecular weight excluding hydrogens is 380 g/mol. The van der Waals surface area contributed by atoms with E-state index in [1.807, 2.05) is 6.07 Å². The predicted octanol–water partition coefficient (Wildman–Crippen LogP) is 4.43. The number of carbonyl (C=O) groups is 1. The van der Waals surface area contributed by atoms with Crippen LogP contribution in [0.5, 0.6) is 5.75 Å². The molecule has 0 heterocycles. The van der Waals surface area contributed by atoms with Crippen LogP contribution in [0, 0.1) is 0 Å². The smallest absolute Gasteiger partial charge is 0.337 e. The Morgan fingerprint density at radius 2 is 2.04 bits per heavy atom. The number of hydrogen-bond donors (Lipinski definition) is 4. The fraction of sp³-hybridized carbons (Fsp3) is 0.188. The van der Waals surface area contributed by atoms with Gasteiger partial charge in [-0.05, 0) is 66.6 Å². The SMILES string of the molecule is Nc1c(NSc2cc(Br)ccc2O)cc(C2CC2)cc1C(=O)O. The van der Waals surface area contributed by atoms with E-state index in [0.717, 1.165) is 22.9 Å². The van der Waals surface area contributed by atoms with Crippen molar-refractivity contribution >= 4 is 45.2 Å². The van der Waals surface area contributed by atoms with E-state index in [9.17, 15) is 15.0 Å². The normalized spacial score (nSPS) is 13.8. The van der Waals surface area contributed by atoms with Crippen LogP contribution in [0.3, 0.4) is 0 Å². The Morgan fingerprint density at radius 1 is 1.30 bits per heavy atom. The molecule has 0 spiro atoms. The molecule has 2 aromatic rings. The van der Waals surface area contributed by atoms with E-state index in [2.05, 4.69) is 20.7 Å². The van der Waals surface area contributed by atoms with Crippen LogP contribution in [0.2, 0.25) is 0 Å². The van der Waals surface area contributed by atoms with Gasteiger partial charge < -0.3 is 20.7 Å². The van der Waals surface area contributed by atoms with E-state index in [1.54, 1.807) is 24.3 Å². The lowest BCUT2D eigenvalue weighted by Crippen LogP contribution is -2.06. The first kappa shape index (κ1) is 16.0. The number of phenols is 1. The highest BCUT2D eigenvalue weighted by molar-refractivity contribution is 9.10. The first-order valence-electron chi connectivity index (χ1n) is 7.04. The first-order chi connectivity index (χ1) is 11.0. The van der Waals surface area contributed by atoms with Gasteiger partial charge in [0.25, 0.3) is 0 Å². The van der Waals surface area contributed by atoms with Gasteiger partial charge in [0.15, 0.2) is 0 Å². The molecule has 2 aromatic carbocycles. The summed E-state index contributed by atoms with van der Waals surface area (Å²) in [7, 11) is 0. The lowest BCUT2D eigenvalue weighted by molar-refractivity contribution is 0.0698. The fourth-order valence-electron chi connectivity index (χ4n) is 2.27. The molecule has 0 aliphatic heterocycles. The topological polar surface area (TPSA) is 95.6 Å². The van der Waals surface area contributed by atoms with Crippen molar-refractivity contribution in [1.29, 1.82) is 0 Å². The summed E-state index contributed by atoms with van der Waals surface area (Å²) >= 11 is 4.54. The lowest BCUT2D eigenvalue weighted by Gasteiger charge is -2.14. The molecule has 0 atom stereocenters. The number of benzene rings is 2. The summed E-state index contributed by atoms with van der Waals surface area (Å²) in [5.41, 5.74) is 7.82. The summed E-state index contributed by atoms with van der Waals surface area (Å²) < 4.78 is 3.90. The molecule has 1 saturated carbocycles. The number of aromatic carboxylic acids is 1. The molecule has 3 rings (SSSR count). The lowest BCUT2D eigenvalue weighted by atomic mass is 10.0. The van der Waals surface area contributed by atoms with Crippen LogP contribution in [0.25, 0.3) is 0 Å². The van der Waals surface area contributed by atoms with E-state index in [0.29, 0.717) is 16.5 Å². The molecule has 0 amide bonds. The van der Waals surface area contributed by atoms with Crippen molar-refractivity contribution in [2.45, 2.75) is 23.7 Å². The zero-order valence-corrected chi connectivity index (χ0v) is 14.4. The van der Waals surface area contributed by atoms with Crippen molar-refractivity contribution in [2.24, 2.45) is 0 Å². The monoisotopic (exact) mass is 394 g/mol. The molecule has 7 heteroatoms. The van der Waals surface area contributed by atoms with Crippen LogP contribution in [-0.4, -0.2) is 16.2 Å². The maximum atomic E-state index is 11.4. The van der Waals surface area contributed by atoms with Crippen molar-refractivity contribution in [2.75, 3.05) is 10.5 Å². The molecule has 1 fully saturated rings. The summed E-state index contributed by atoms with van der Waals surface area (Å²) in [5, 5.41) is 19.2. The van der Waals surface area contributed by atoms with Crippen molar-refractivity contribution in [3.63, 3.8) is 0 Å². The third-order valence-electron chi connectivity index (χ3n) is 3.67. The molecule has 5 nitrogen and oxygen atoms in total. The van der Waals surface area contributed by atoms with E-state index in [4.69, 9.17) is 5.73 Å². The third kappa shape index (κ3) is 3.56. The zero-order valence-electron chi connectivity index (χ0n) is 12.0. The summed E-state index contributed by atoms with van der Waals surface area (Å²) in [6, 6.07) is 8.64. The van der Waals surface area contributed by atoms with E-state index in [-0.39, 0.29) is 17.0 Å². The Labute approximate surface area is 146 Å². The Bertz CT molecular complexity index is 778.